The summed E-state index contributed by atoms with van der Waals surface area (Å²) in [5.41, 5.74) is 8.12. The highest BCUT2D eigenvalue weighted by Gasteiger charge is 2.23. The van der Waals surface area contributed by atoms with E-state index in [0.29, 0.717) is 26.2 Å². The highest BCUT2D eigenvalue weighted by molar-refractivity contribution is 5.96. The molecule has 0 unspecified atom stereocenters. The van der Waals surface area contributed by atoms with Crippen LogP contribution in [0.3, 0.4) is 0 Å². The van der Waals surface area contributed by atoms with Gasteiger partial charge in [-0.25, -0.2) is 0 Å². The number of aryl methyl sites for hydroxylation is 1. The van der Waals surface area contributed by atoms with Crippen molar-refractivity contribution in [2.24, 2.45) is 5.73 Å². The van der Waals surface area contributed by atoms with Crippen LogP contribution in [0.2, 0.25) is 0 Å². The lowest BCUT2D eigenvalue weighted by atomic mass is 10.0. The fourth-order valence-electron chi connectivity index (χ4n) is 2.48. The van der Waals surface area contributed by atoms with Crippen molar-refractivity contribution >= 4 is 11.8 Å². The summed E-state index contributed by atoms with van der Waals surface area (Å²) >= 11 is 0. The second-order valence-corrected chi connectivity index (χ2v) is 5.28. The molecule has 0 aliphatic carbocycles. The zero-order chi connectivity index (χ0) is 14.7. The van der Waals surface area contributed by atoms with Gasteiger partial charge in [0.15, 0.2) is 0 Å². The van der Waals surface area contributed by atoms with Crippen LogP contribution in [0.25, 0.3) is 0 Å². The Hall–Kier alpha value is -1.88. The molecule has 2 rings (SSSR count). The monoisotopic (exact) mass is 275 g/mol. The Bertz CT molecular complexity index is 520. The summed E-state index contributed by atoms with van der Waals surface area (Å²) in [6.45, 7) is 6.92. The molecule has 0 aromatic heterocycles. The van der Waals surface area contributed by atoms with Crippen molar-refractivity contribution < 1.29 is 9.59 Å². The Balaban J connectivity index is 2.02. The number of nitrogens with two attached hydrogens (primary N) is 1. The lowest BCUT2D eigenvalue weighted by Gasteiger charge is -2.34. The molecular weight excluding hydrogens is 254 g/mol. The van der Waals surface area contributed by atoms with E-state index in [1.54, 1.807) is 0 Å². The third kappa shape index (κ3) is 3.17. The smallest absolute Gasteiger partial charge is 0.254 e. The van der Waals surface area contributed by atoms with Crippen molar-refractivity contribution in [3.05, 3.63) is 34.9 Å². The van der Waals surface area contributed by atoms with Crippen LogP contribution in [0.5, 0.6) is 0 Å². The number of hydrogen-bond acceptors (Lipinski definition) is 3. The Morgan fingerprint density at radius 3 is 2.40 bits per heavy atom. The Labute approximate surface area is 119 Å². The van der Waals surface area contributed by atoms with E-state index in [9.17, 15) is 9.59 Å². The van der Waals surface area contributed by atoms with E-state index in [1.807, 2.05) is 41.8 Å². The van der Waals surface area contributed by atoms with Crippen LogP contribution in [0.4, 0.5) is 0 Å². The molecule has 2 N–H and O–H groups in total. The SMILES string of the molecule is Cc1cccc(C(=O)N2CCN(CC(N)=O)CC2)c1C. The summed E-state index contributed by atoms with van der Waals surface area (Å²) in [4.78, 5) is 27.2. The lowest BCUT2D eigenvalue weighted by molar-refractivity contribution is -0.119. The van der Waals surface area contributed by atoms with Gasteiger partial charge >= 0.3 is 0 Å². The molecule has 1 aliphatic heterocycles. The van der Waals surface area contributed by atoms with Crippen LogP contribution in [-0.2, 0) is 4.79 Å². The van der Waals surface area contributed by atoms with Crippen LogP contribution in [0, 0.1) is 13.8 Å². The fraction of sp³-hybridized carbons (Fsp3) is 0.467. The Morgan fingerprint density at radius 2 is 1.80 bits per heavy atom. The van der Waals surface area contributed by atoms with E-state index in [2.05, 4.69) is 0 Å². The van der Waals surface area contributed by atoms with E-state index < -0.39 is 0 Å². The van der Waals surface area contributed by atoms with Crippen LogP contribution >= 0.6 is 0 Å². The predicted molar refractivity (Wildman–Crippen MR) is 77.5 cm³/mol. The average Bonchev–Trinajstić information content (AvgIpc) is 2.41. The maximum absolute atomic E-state index is 12.5. The van der Waals surface area contributed by atoms with Crippen LogP contribution in [0.15, 0.2) is 18.2 Å². The van der Waals surface area contributed by atoms with E-state index in [-0.39, 0.29) is 18.4 Å². The van der Waals surface area contributed by atoms with Gasteiger partial charge in [-0.15, -0.1) is 0 Å². The maximum atomic E-state index is 12.5. The minimum Gasteiger partial charge on any atom is -0.369 e. The number of rotatable bonds is 3. The summed E-state index contributed by atoms with van der Waals surface area (Å²) in [6, 6.07) is 5.80. The third-order valence-electron chi connectivity index (χ3n) is 3.87. The molecule has 20 heavy (non-hydrogen) atoms. The Kier molecular flexibility index (Phi) is 4.39. The quantitative estimate of drug-likeness (QED) is 0.876. The van der Waals surface area contributed by atoms with Gasteiger partial charge in [-0.1, -0.05) is 12.1 Å². The van der Waals surface area contributed by atoms with Gasteiger partial charge in [0, 0.05) is 31.7 Å². The van der Waals surface area contributed by atoms with Crippen LogP contribution in [-0.4, -0.2) is 54.3 Å². The standard InChI is InChI=1S/C15H21N3O2/c1-11-4-3-5-13(12(11)2)15(20)18-8-6-17(7-9-18)10-14(16)19/h3-5H,6-10H2,1-2H3,(H2,16,19). The molecular formula is C15H21N3O2. The van der Waals surface area contributed by atoms with Crippen molar-refractivity contribution in [3.8, 4) is 0 Å². The first-order valence-electron chi connectivity index (χ1n) is 6.85. The molecule has 108 valence electrons. The largest absolute Gasteiger partial charge is 0.369 e. The zero-order valence-corrected chi connectivity index (χ0v) is 12.1. The highest BCUT2D eigenvalue weighted by atomic mass is 16.2. The zero-order valence-electron chi connectivity index (χ0n) is 12.1. The third-order valence-corrected chi connectivity index (χ3v) is 3.87. The predicted octanol–water partition coefficient (Wildman–Crippen LogP) is 0.547. The number of piperazine rings is 1. The summed E-state index contributed by atoms with van der Waals surface area (Å²) < 4.78 is 0. The van der Waals surface area contributed by atoms with Gasteiger partial charge in [-0.05, 0) is 31.0 Å². The van der Waals surface area contributed by atoms with Gasteiger partial charge in [-0.3, -0.25) is 14.5 Å². The first-order chi connectivity index (χ1) is 9.49. The molecule has 1 aromatic rings. The second-order valence-electron chi connectivity index (χ2n) is 5.28. The lowest BCUT2D eigenvalue weighted by Crippen LogP contribution is -2.50. The van der Waals surface area contributed by atoms with Crippen LogP contribution in [0.1, 0.15) is 21.5 Å². The molecule has 0 spiro atoms. The van der Waals surface area contributed by atoms with Gasteiger partial charge in [-0.2, -0.15) is 0 Å². The number of primary amides is 1. The van der Waals surface area contributed by atoms with Gasteiger partial charge < -0.3 is 10.6 Å². The summed E-state index contributed by atoms with van der Waals surface area (Å²) in [5, 5.41) is 0. The maximum Gasteiger partial charge on any atom is 0.254 e. The molecule has 1 saturated heterocycles. The highest BCUT2D eigenvalue weighted by Crippen LogP contribution is 2.16. The minimum atomic E-state index is -0.320. The van der Waals surface area contributed by atoms with E-state index >= 15 is 0 Å². The van der Waals surface area contributed by atoms with Crippen molar-refractivity contribution in [3.63, 3.8) is 0 Å². The van der Waals surface area contributed by atoms with Gasteiger partial charge in [0.1, 0.15) is 0 Å². The molecule has 1 aliphatic rings. The number of benzene rings is 1. The van der Waals surface area contributed by atoms with Crippen LogP contribution < -0.4 is 5.73 Å². The molecule has 0 saturated carbocycles. The minimum absolute atomic E-state index is 0.0740. The summed E-state index contributed by atoms with van der Waals surface area (Å²) in [7, 11) is 0. The van der Waals surface area contributed by atoms with E-state index in [1.165, 1.54) is 0 Å². The Morgan fingerprint density at radius 1 is 1.15 bits per heavy atom. The van der Waals surface area contributed by atoms with Gasteiger partial charge in [0.2, 0.25) is 5.91 Å². The summed E-state index contributed by atoms with van der Waals surface area (Å²) in [5.74, 6) is -0.246. The molecule has 5 heteroatoms. The number of hydrogen-bond donors (Lipinski definition) is 1. The molecule has 0 radical (unpaired) electrons. The first kappa shape index (κ1) is 14.5. The number of nitrogens with zero attached hydrogens (tertiary/aromatic N) is 2. The van der Waals surface area contributed by atoms with Crippen molar-refractivity contribution in [1.82, 2.24) is 9.80 Å². The van der Waals surface area contributed by atoms with Crippen molar-refractivity contribution in [1.29, 1.82) is 0 Å². The summed E-state index contributed by atoms with van der Waals surface area (Å²) in [6.07, 6.45) is 0. The van der Waals surface area contributed by atoms with Crippen molar-refractivity contribution in [2.75, 3.05) is 32.7 Å². The topological polar surface area (TPSA) is 66.6 Å². The molecule has 5 nitrogen and oxygen atoms in total. The molecule has 0 bridgehead atoms. The molecule has 1 heterocycles. The molecule has 2 amide bonds. The fourth-order valence-corrected chi connectivity index (χ4v) is 2.48. The number of carbonyl (C=O) groups is 2. The van der Waals surface area contributed by atoms with E-state index in [4.69, 9.17) is 5.73 Å². The average molecular weight is 275 g/mol. The molecule has 0 atom stereocenters. The van der Waals surface area contributed by atoms with E-state index in [0.717, 1.165) is 16.7 Å². The van der Waals surface area contributed by atoms with Gasteiger partial charge in [0.05, 0.1) is 6.54 Å². The first-order valence-corrected chi connectivity index (χ1v) is 6.85. The normalized spacial score (nSPS) is 16.2. The number of amides is 2. The number of carbonyl (C=O) groups excluding carboxylic acids is 2. The molecule has 1 fully saturated rings. The van der Waals surface area contributed by atoms with Gasteiger partial charge in [0.25, 0.3) is 5.91 Å². The molecule has 1 aromatic carbocycles. The second kappa shape index (κ2) is 6.05. The van der Waals surface area contributed by atoms with Crippen molar-refractivity contribution in [2.45, 2.75) is 13.8 Å².